The van der Waals surface area contributed by atoms with Crippen LogP contribution in [0.15, 0.2) is 34.4 Å². The standard InChI is InChI=1S/C12H18/c1-8(2)11-6-10(5)12(7-11)9(3)4/h6-8H,1-5H3. The van der Waals surface area contributed by atoms with Gasteiger partial charge in [-0.05, 0) is 43.4 Å². The Labute approximate surface area is 75.7 Å². The molecule has 0 bridgehead atoms. The highest BCUT2D eigenvalue weighted by Crippen LogP contribution is 2.29. The van der Waals surface area contributed by atoms with Crippen LogP contribution < -0.4 is 0 Å². The summed E-state index contributed by atoms with van der Waals surface area (Å²) in [7, 11) is 0. The quantitative estimate of drug-likeness (QED) is 0.549. The zero-order valence-corrected chi connectivity index (χ0v) is 8.73. The first kappa shape index (κ1) is 9.31. The molecule has 0 heterocycles. The maximum absolute atomic E-state index is 2.31. The minimum Gasteiger partial charge on any atom is -0.0689 e. The van der Waals surface area contributed by atoms with Crippen LogP contribution in [0.25, 0.3) is 0 Å². The first-order valence-corrected chi connectivity index (χ1v) is 4.60. The topological polar surface area (TPSA) is 0 Å². The fourth-order valence-electron chi connectivity index (χ4n) is 1.52. The molecule has 12 heavy (non-hydrogen) atoms. The summed E-state index contributed by atoms with van der Waals surface area (Å²) in [5, 5.41) is 0. The highest BCUT2D eigenvalue weighted by molar-refractivity contribution is 5.53. The average Bonchev–Trinajstić information content (AvgIpc) is 2.30. The summed E-state index contributed by atoms with van der Waals surface area (Å²) in [6.45, 7) is 11.0. The Kier molecular flexibility index (Phi) is 2.56. The number of hydrogen-bond donors (Lipinski definition) is 0. The zero-order chi connectivity index (χ0) is 9.30. The molecule has 1 aliphatic rings. The van der Waals surface area contributed by atoms with Crippen molar-refractivity contribution in [3.05, 3.63) is 34.4 Å². The van der Waals surface area contributed by atoms with E-state index < -0.39 is 0 Å². The summed E-state index contributed by atoms with van der Waals surface area (Å²) in [6.07, 6.45) is 4.61. The molecule has 0 radical (unpaired) electrons. The minimum absolute atomic E-state index is 0.650. The highest BCUT2D eigenvalue weighted by atomic mass is 14.2. The van der Waals surface area contributed by atoms with E-state index in [0.29, 0.717) is 5.92 Å². The molecule has 0 aromatic rings. The lowest BCUT2D eigenvalue weighted by molar-refractivity contribution is 0.794. The van der Waals surface area contributed by atoms with Crippen molar-refractivity contribution in [3.8, 4) is 0 Å². The molecular weight excluding hydrogens is 144 g/mol. The second-order valence-corrected chi connectivity index (χ2v) is 4.04. The van der Waals surface area contributed by atoms with Crippen LogP contribution in [0, 0.1) is 5.92 Å². The second kappa shape index (κ2) is 3.30. The number of rotatable bonds is 1. The third kappa shape index (κ3) is 1.69. The van der Waals surface area contributed by atoms with Gasteiger partial charge in [0, 0.05) is 0 Å². The number of allylic oxidation sites excluding steroid dienone is 6. The van der Waals surface area contributed by atoms with Crippen molar-refractivity contribution in [2.75, 3.05) is 0 Å². The van der Waals surface area contributed by atoms with Gasteiger partial charge in [-0.3, -0.25) is 0 Å². The van der Waals surface area contributed by atoms with Crippen LogP contribution in [0.3, 0.4) is 0 Å². The predicted molar refractivity (Wildman–Crippen MR) is 55.1 cm³/mol. The van der Waals surface area contributed by atoms with Crippen LogP contribution in [0.1, 0.15) is 34.6 Å². The fourth-order valence-corrected chi connectivity index (χ4v) is 1.52. The first-order chi connectivity index (χ1) is 5.52. The van der Waals surface area contributed by atoms with Crippen LogP contribution in [0.5, 0.6) is 0 Å². The van der Waals surface area contributed by atoms with Gasteiger partial charge in [0.1, 0.15) is 0 Å². The van der Waals surface area contributed by atoms with Gasteiger partial charge in [0.2, 0.25) is 0 Å². The molecule has 1 aliphatic carbocycles. The average molecular weight is 162 g/mol. The molecule has 0 aliphatic heterocycles. The third-order valence-corrected chi connectivity index (χ3v) is 2.32. The van der Waals surface area contributed by atoms with E-state index in [-0.39, 0.29) is 0 Å². The van der Waals surface area contributed by atoms with Crippen molar-refractivity contribution in [1.29, 1.82) is 0 Å². The maximum atomic E-state index is 2.31. The lowest BCUT2D eigenvalue weighted by atomic mass is 10.0. The van der Waals surface area contributed by atoms with Crippen LogP contribution in [-0.2, 0) is 0 Å². The molecule has 0 saturated carbocycles. The SMILES string of the molecule is CC1=CC(C(C)C)=CC1=C(C)C. The molecule has 0 atom stereocenters. The summed E-state index contributed by atoms with van der Waals surface area (Å²) in [4.78, 5) is 0. The van der Waals surface area contributed by atoms with Gasteiger partial charge >= 0.3 is 0 Å². The van der Waals surface area contributed by atoms with Crippen LogP contribution >= 0.6 is 0 Å². The van der Waals surface area contributed by atoms with Gasteiger partial charge in [0.05, 0.1) is 0 Å². The van der Waals surface area contributed by atoms with Crippen molar-refractivity contribution < 1.29 is 0 Å². The highest BCUT2D eigenvalue weighted by Gasteiger charge is 2.11. The van der Waals surface area contributed by atoms with Gasteiger partial charge in [-0.15, -0.1) is 0 Å². The molecule has 1 rings (SSSR count). The van der Waals surface area contributed by atoms with Crippen LogP contribution in [-0.4, -0.2) is 0 Å². The molecule has 66 valence electrons. The van der Waals surface area contributed by atoms with E-state index >= 15 is 0 Å². The van der Waals surface area contributed by atoms with Crippen molar-refractivity contribution in [2.24, 2.45) is 5.92 Å². The first-order valence-electron chi connectivity index (χ1n) is 4.60. The second-order valence-electron chi connectivity index (χ2n) is 4.04. The van der Waals surface area contributed by atoms with E-state index in [2.05, 4.69) is 46.8 Å². The van der Waals surface area contributed by atoms with E-state index in [1.165, 1.54) is 22.3 Å². The molecule has 0 unspecified atom stereocenters. The lowest BCUT2D eigenvalue weighted by Gasteiger charge is -2.00. The monoisotopic (exact) mass is 162 g/mol. The molecule has 0 spiro atoms. The van der Waals surface area contributed by atoms with E-state index in [1.807, 2.05) is 0 Å². The molecular formula is C12H18. The Morgan fingerprint density at radius 2 is 1.75 bits per heavy atom. The number of hydrogen-bond acceptors (Lipinski definition) is 0. The molecule has 0 aromatic heterocycles. The van der Waals surface area contributed by atoms with E-state index in [4.69, 9.17) is 0 Å². The Hall–Kier alpha value is -0.780. The summed E-state index contributed by atoms with van der Waals surface area (Å²) in [6, 6.07) is 0. The summed E-state index contributed by atoms with van der Waals surface area (Å²) in [5.41, 5.74) is 5.72. The van der Waals surface area contributed by atoms with Gasteiger partial charge in [-0.25, -0.2) is 0 Å². The van der Waals surface area contributed by atoms with Gasteiger partial charge in [0.25, 0.3) is 0 Å². The Morgan fingerprint density at radius 1 is 1.17 bits per heavy atom. The van der Waals surface area contributed by atoms with Crippen molar-refractivity contribution >= 4 is 0 Å². The molecule has 0 heteroatoms. The van der Waals surface area contributed by atoms with Gasteiger partial charge < -0.3 is 0 Å². The van der Waals surface area contributed by atoms with E-state index in [1.54, 1.807) is 0 Å². The van der Waals surface area contributed by atoms with Crippen molar-refractivity contribution in [3.63, 3.8) is 0 Å². The van der Waals surface area contributed by atoms with Crippen molar-refractivity contribution in [2.45, 2.75) is 34.6 Å². The smallest absolute Gasteiger partial charge is 0.0219 e. The molecule has 0 aromatic carbocycles. The molecule has 0 N–H and O–H groups in total. The lowest BCUT2D eigenvalue weighted by Crippen LogP contribution is -1.86. The largest absolute Gasteiger partial charge is 0.0689 e. The van der Waals surface area contributed by atoms with Crippen LogP contribution in [0.2, 0.25) is 0 Å². The zero-order valence-electron chi connectivity index (χ0n) is 8.73. The van der Waals surface area contributed by atoms with Gasteiger partial charge in [-0.1, -0.05) is 31.6 Å². The third-order valence-electron chi connectivity index (χ3n) is 2.32. The Morgan fingerprint density at radius 3 is 2.00 bits per heavy atom. The van der Waals surface area contributed by atoms with Crippen molar-refractivity contribution in [1.82, 2.24) is 0 Å². The van der Waals surface area contributed by atoms with Gasteiger partial charge in [-0.2, -0.15) is 0 Å². The molecule has 0 saturated heterocycles. The summed E-state index contributed by atoms with van der Waals surface area (Å²) >= 11 is 0. The van der Waals surface area contributed by atoms with Gasteiger partial charge in [0.15, 0.2) is 0 Å². The Balaban J connectivity index is 3.03. The maximum Gasteiger partial charge on any atom is -0.0219 e. The Bertz CT molecular complexity index is 268. The molecule has 0 amide bonds. The summed E-state index contributed by atoms with van der Waals surface area (Å²) in [5.74, 6) is 0.650. The normalized spacial score (nSPS) is 16.7. The minimum atomic E-state index is 0.650. The predicted octanol–water partition coefficient (Wildman–Crippen LogP) is 3.87. The molecule has 0 nitrogen and oxygen atoms in total. The van der Waals surface area contributed by atoms with E-state index in [0.717, 1.165) is 0 Å². The van der Waals surface area contributed by atoms with Crippen LogP contribution in [0.4, 0.5) is 0 Å². The van der Waals surface area contributed by atoms with E-state index in [9.17, 15) is 0 Å². The molecule has 0 fully saturated rings. The fraction of sp³-hybridized carbons (Fsp3) is 0.500. The summed E-state index contributed by atoms with van der Waals surface area (Å²) < 4.78 is 0.